The third-order valence-electron chi connectivity index (χ3n) is 4.68. The number of carbonyl (C=O) groups is 1. The van der Waals surface area contributed by atoms with Crippen molar-refractivity contribution in [2.45, 2.75) is 33.6 Å². The lowest BCUT2D eigenvalue weighted by Gasteiger charge is -2.09. The van der Waals surface area contributed by atoms with Crippen LogP contribution in [0.25, 0.3) is 6.08 Å². The van der Waals surface area contributed by atoms with Crippen LogP contribution in [0.1, 0.15) is 36.5 Å². The molecule has 0 atom stereocenters. The molecule has 1 fully saturated rings. The summed E-state index contributed by atoms with van der Waals surface area (Å²) in [5.74, 6) is 0.759. The second-order valence-corrected chi connectivity index (χ2v) is 7.89. The van der Waals surface area contributed by atoms with E-state index in [4.69, 9.17) is 4.74 Å². The predicted molar refractivity (Wildman–Crippen MR) is 118 cm³/mol. The van der Waals surface area contributed by atoms with E-state index in [1.54, 1.807) is 11.9 Å². The van der Waals surface area contributed by atoms with Crippen molar-refractivity contribution in [2.24, 2.45) is 4.99 Å². The Kier molecular flexibility index (Phi) is 6.57. The zero-order chi connectivity index (χ0) is 20.1. The standard InChI is InChI=1S/C23H26N2O2S/c1-5-6-13-27-20-10-8-7-9-18(20)15-21-22(26)25(4)23(28-21)24-19-12-11-16(2)17(3)14-19/h7-12,14-15H,5-6,13H2,1-4H3/b21-15+,24-23?. The molecule has 5 heteroatoms. The van der Waals surface area contributed by atoms with Crippen molar-refractivity contribution < 1.29 is 9.53 Å². The number of para-hydroxylation sites is 1. The number of aryl methyl sites for hydroxylation is 2. The number of likely N-dealkylation sites (N-methyl/N-ethyl adjacent to an activating group) is 1. The smallest absolute Gasteiger partial charge is 0.266 e. The Balaban J connectivity index is 1.85. The maximum absolute atomic E-state index is 12.7. The van der Waals surface area contributed by atoms with Gasteiger partial charge in [0.15, 0.2) is 5.17 Å². The average Bonchev–Trinajstić information content (AvgIpc) is 2.94. The largest absolute Gasteiger partial charge is 0.493 e. The van der Waals surface area contributed by atoms with E-state index in [-0.39, 0.29) is 5.91 Å². The molecule has 146 valence electrons. The zero-order valence-electron chi connectivity index (χ0n) is 16.9. The number of ether oxygens (including phenoxy) is 1. The van der Waals surface area contributed by atoms with Gasteiger partial charge in [-0.25, -0.2) is 4.99 Å². The molecule has 0 N–H and O–H groups in total. The van der Waals surface area contributed by atoms with Gasteiger partial charge in [0.05, 0.1) is 17.2 Å². The van der Waals surface area contributed by atoms with Crippen molar-refractivity contribution in [3.05, 3.63) is 64.1 Å². The van der Waals surface area contributed by atoms with Crippen LogP contribution >= 0.6 is 11.8 Å². The first-order valence-electron chi connectivity index (χ1n) is 9.55. The first kappa shape index (κ1) is 20.2. The summed E-state index contributed by atoms with van der Waals surface area (Å²) in [5, 5.41) is 0.684. The Morgan fingerprint density at radius 1 is 1.14 bits per heavy atom. The number of benzene rings is 2. The molecular formula is C23H26N2O2S. The van der Waals surface area contributed by atoms with Crippen LogP contribution < -0.4 is 4.74 Å². The van der Waals surface area contributed by atoms with E-state index in [1.165, 1.54) is 22.9 Å². The molecule has 0 unspecified atom stereocenters. The summed E-state index contributed by atoms with van der Waals surface area (Å²) >= 11 is 1.40. The number of amidine groups is 1. The second kappa shape index (κ2) is 9.11. The van der Waals surface area contributed by atoms with Crippen molar-refractivity contribution in [2.75, 3.05) is 13.7 Å². The highest BCUT2D eigenvalue weighted by molar-refractivity contribution is 8.18. The van der Waals surface area contributed by atoms with Crippen LogP contribution in [-0.4, -0.2) is 29.6 Å². The summed E-state index contributed by atoms with van der Waals surface area (Å²) in [4.78, 5) is 19.7. The molecule has 4 nitrogen and oxygen atoms in total. The van der Waals surface area contributed by atoms with Crippen LogP contribution in [-0.2, 0) is 4.79 Å². The molecule has 1 aliphatic rings. The molecule has 1 saturated heterocycles. The van der Waals surface area contributed by atoms with E-state index in [0.29, 0.717) is 16.7 Å². The van der Waals surface area contributed by atoms with Crippen LogP contribution in [0.4, 0.5) is 5.69 Å². The normalized spacial score (nSPS) is 17.0. The van der Waals surface area contributed by atoms with E-state index < -0.39 is 0 Å². The lowest BCUT2D eigenvalue weighted by Crippen LogP contribution is -2.23. The van der Waals surface area contributed by atoms with Gasteiger partial charge in [-0.05, 0) is 67.4 Å². The minimum atomic E-state index is -0.0454. The average molecular weight is 395 g/mol. The van der Waals surface area contributed by atoms with Crippen LogP contribution in [0.5, 0.6) is 5.75 Å². The number of thioether (sulfide) groups is 1. The fourth-order valence-electron chi connectivity index (χ4n) is 2.76. The van der Waals surface area contributed by atoms with Crippen LogP contribution in [0.3, 0.4) is 0 Å². The highest BCUT2D eigenvalue weighted by Crippen LogP contribution is 2.35. The van der Waals surface area contributed by atoms with Crippen molar-refractivity contribution in [3.8, 4) is 5.75 Å². The minimum absolute atomic E-state index is 0.0454. The van der Waals surface area contributed by atoms with Crippen molar-refractivity contribution in [3.63, 3.8) is 0 Å². The molecule has 3 rings (SSSR count). The SMILES string of the molecule is CCCCOc1ccccc1/C=C1/SC(=Nc2ccc(C)c(C)c2)N(C)C1=O. The van der Waals surface area contributed by atoms with Gasteiger partial charge < -0.3 is 4.74 Å². The molecule has 0 radical (unpaired) electrons. The van der Waals surface area contributed by atoms with E-state index in [2.05, 4.69) is 31.8 Å². The molecule has 0 spiro atoms. The van der Waals surface area contributed by atoms with Crippen LogP contribution in [0, 0.1) is 13.8 Å². The van der Waals surface area contributed by atoms with Gasteiger partial charge in [0, 0.05) is 12.6 Å². The molecule has 28 heavy (non-hydrogen) atoms. The predicted octanol–water partition coefficient (Wildman–Crippen LogP) is 5.72. The molecule has 2 aromatic carbocycles. The molecular weight excluding hydrogens is 368 g/mol. The molecule has 0 aromatic heterocycles. The molecule has 0 saturated carbocycles. The zero-order valence-corrected chi connectivity index (χ0v) is 17.7. The Labute approximate surface area is 171 Å². The van der Waals surface area contributed by atoms with Crippen LogP contribution in [0.2, 0.25) is 0 Å². The topological polar surface area (TPSA) is 41.9 Å². The Bertz CT molecular complexity index is 934. The number of amides is 1. The molecule has 2 aromatic rings. The molecule has 0 bridgehead atoms. The highest BCUT2D eigenvalue weighted by Gasteiger charge is 2.30. The maximum atomic E-state index is 12.7. The molecule has 0 aliphatic carbocycles. The van der Waals surface area contributed by atoms with Crippen molar-refractivity contribution in [1.82, 2.24) is 4.90 Å². The summed E-state index contributed by atoms with van der Waals surface area (Å²) in [6.45, 7) is 6.96. The van der Waals surface area contributed by atoms with E-state index in [1.807, 2.05) is 42.5 Å². The van der Waals surface area contributed by atoms with Gasteiger partial charge in [-0.1, -0.05) is 37.6 Å². The number of hydrogen-bond acceptors (Lipinski definition) is 4. The first-order valence-corrected chi connectivity index (χ1v) is 10.4. The molecule has 1 aliphatic heterocycles. The summed E-state index contributed by atoms with van der Waals surface area (Å²) in [6.07, 6.45) is 3.99. The lowest BCUT2D eigenvalue weighted by atomic mass is 10.1. The van der Waals surface area contributed by atoms with Gasteiger partial charge in [-0.3, -0.25) is 9.69 Å². The monoisotopic (exact) mass is 394 g/mol. The summed E-state index contributed by atoms with van der Waals surface area (Å²) < 4.78 is 5.89. The number of carbonyl (C=O) groups excluding carboxylic acids is 1. The first-order chi connectivity index (χ1) is 13.5. The third kappa shape index (κ3) is 4.65. The van der Waals surface area contributed by atoms with Gasteiger partial charge in [0.2, 0.25) is 0 Å². The van der Waals surface area contributed by atoms with Gasteiger partial charge in [-0.2, -0.15) is 0 Å². The minimum Gasteiger partial charge on any atom is -0.493 e. The molecule has 1 heterocycles. The number of aliphatic imine (C=N–C) groups is 1. The fourth-order valence-corrected chi connectivity index (χ4v) is 3.73. The Hall–Kier alpha value is -2.53. The lowest BCUT2D eigenvalue weighted by molar-refractivity contribution is -0.121. The van der Waals surface area contributed by atoms with Crippen molar-refractivity contribution in [1.29, 1.82) is 0 Å². The van der Waals surface area contributed by atoms with Gasteiger partial charge in [0.25, 0.3) is 5.91 Å². The van der Waals surface area contributed by atoms with Gasteiger partial charge in [0.1, 0.15) is 5.75 Å². The number of unbranched alkanes of at least 4 members (excludes halogenated alkanes) is 1. The summed E-state index contributed by atoms with van der Waals surface area (Å²) in [6, 6.07) is 13.9. The number of nitrogens with zero attached hydrogens (tertiary/aromatic N) is 2. The van der Waals surface area contributed by atoms with Crippen LogP contribution in [0.15, 0.2) is 52.4 Å². The Morgan fingerprint density at radius 3 is 2.68 bits per heavy atom. The number of rotatable bonds is 6. The van der Waals surface area contributed by atoms with E-state index in [0.717, 1.165) is 29.8 Å². The summed E-state index contributed by atoms with van der Waals surface area (Å²) in [5.41, 5.74) is 4.19. The van der Waals surface area contributed by atoms with E-state index in [9.17, 15) is 4.79 Å². The number of hydrogen-bond donors (Lipinski definition) is 0. The third-order valence-corrected chi connectivity index (χ3v) is 5.74. The van der Waals surface area contributed by atoms with Gasteiger partial charge >= 0.3 is 0 Å². The van der Waals surface area contributed by atoms with Crippen molar-refractivity contribution >= 4 is 34.6 Å². The molecule has 1 amide bonds. The van der Waals surface area contributed by atoms with E-state index >= 15 is 0 Å². The maximum Gasteiger partial charge on any atom is 0.266 e. The second-order valence-electron chi connectivity index (χ2n) is 6.88. The Morgan fingerprint density at radius 2 is 1.93 bits per heavy atom. The summed E-state index contributed by atoms with van der Waals surface area (Å²) in [7, 11) is 1.76. The highest BCUT2D eigenvalue weighted by atomic mass is 32.2. The fraction of sp³-hybridized carbons (Fsp3) is 0.304. The quantitative estimate of drug-likeness (QED) is 0.465. The van der Waals surface area contributed by atoms with Gasteiger partial charge in [-0.15, -0.1) is 0 Å².